The SMILES string of the molecule is CC(C)C[C@H](NC(=O)[C@H](O)Cc1ccc(O)c(O)c1)C(=O)N1CCC[C@H]1C(=O)OCCC1CCC2(C)C1C2(C)C. The van der Waals surface area contributed by atoms with E-state index in [1.54, 1.807) is 0 Å². The topological polar surface area (TPSA) is 136 Å². The number of nitrogens with one attached hydrogen (secondary N) is 1. The maximum absolute atomic E-state index is 13.6. The number of aromatic hydroxyl groups is 2. The second-order valence-corrected chi connectivity index (χ2v) is 13.3. The van der Waals surface area contributed by atoms with E-state index in [1.165, 1.54) is 35.9 Å². The van der Waals surface area contributed by atoms with Crippen LogP contribution in [0.4, 0.5) is 0 Å². The molecule has 1 saturated heterocycles. The first-order chi connectivity index (χ1) is 18.8. The lowest BCUT2D eigenvalue weighted by atomic mass is 9.88. The average molecular weight is 559 g/mol. The van der Waals surface area contributed by atoms with Gasteiger partial charge in [-0.1, -0.05) is 40.7 Å². The molecule has 4 N–H and O–H groups in total. The van der Waals surface area contributed by atoms with Gasteiger partial charge in [0, 0.05) is 13.0 Å². The third-order valence-corrected chi connectivity index (χ3v) is 9.99. The van der Waals surface area contributed by atoms with Gasteiger partial charge in [0.15, 0.2) is 11.5 Å². The quantitative estimate of drug-likeness (QED) is 0.241. The van der Waals surface area contributed by atoms with Crippen molar-refractivity contribution >= 4 is 17.8 Å². The number of ether oxygens (including phenoxy) is 1. The molecule has 4 rings (SSSR count). The molecule has 2 aliphatic carbocycles. The van der Waals surface area contributed by atoms with Gasteiger partial charge in [0.25, 0.3) is 0 Å². The summed E-state index contributed by atoms with van der Waals surface area (Å²) in [5, 5.41) is 32.4. The molecule has 9 nitrogen and oxygen atoms in total. The molecule has 2 saturated carbocycles. The van der Waals surface area contributed by atoms with Gasteiger partial charge in [0.2, 0.25) is 11.8 Å². The summed E-state index contributed by atoms with van der Waals surface area (Å²) in [5.74, 6) is -0.754. The summed E-state index contributed by atoms with van der Waals surface area (Å²) in [6.07, 6.45) is 3.25. The van der Waals surface area contributed by atoms with Crippen LogP contribution in [0.2, 0.25) is 0 Å². The molecule has 1 heterocycles. The molecular formula is C31H46N2O7. The lowest BCUT2D eigenvalue weighted by Crippen LogP contribution is -2.54. The molecule has 3 fully saturated rings. The fourth-order valence-corrected chi connectivity index (χ4v) is 7.52. The Balaban J connectivity index is 1.32. The first-order valence-corrected chi connectivity index (χ1v) is 14.7. The standard InChI is InChI=1S/C31H46N2O7/c1-18(2)15-21(32-27(37)25(36)17-19-8-9-23(34)24(35)16-19)28(38)33-13-6-7-22(33)29(39)40-14-11-20-10-12-31(5)26(20)30(31,3)4/h8-9,16,18,20-22,25-26,34-36H,6-7,10-15,17H2,1-5H3,(H,32,37)/t20?,21-,22-,25+,26?,31?/m0/s1. The number of aliphatic hydroxyl groups is 1. The molecule has 3 aliphatic rings. The summed E-state index contributed by atoms with van der Waals surface area (Å²) in [7, 11) is 0. The largest absolute Gasteiger partial charge is 0.504 e. The Hall–Kier alpha value is -2.81. The van der Waals surface area contributed by atoms with E-state index in [0.717, 1.165) is 6.42 Å². The highest BCUT2D eigenvalue weighted by atomic mass is 16.5. The smallest absolute Gasteiger partial charge is 0.328 e. The van der Waals surface area contributed by atoms with Crippen molar-refractivity contribution < 1.29 is 34.4 Å². The van der Waals surface area contributed by atoms with E-state index in [4.69, 9.17) is 4.74 Å². The molecule has 2 amide bonds. The molecule has 0 spiro atoms. The van der Waals surface area contributed by atoms with Gasteiger partial charge in [-0.25, -0.2) is 4.79 Å². The van der Waals surface area contributed by atoms with Gasteiger partial charge in [-0.3, -0.25) is 9.59 Å². The zero-order chi connectivity index (χ0) is 29.4. The first-order valence-electron chi connectivity index (χ1n) is 14.7. The molecule has 3 unspecified atom stereocenters. The fraction of sp³-hybridized carbons (Fsp3) is 0.710. The van der Waals surface area contributed by atoms with E-state index in [0.29, 0.717) is 60.6 Å². The lowest BCUT2D eigenvalue weighted by Gasteiger charge is -2.29. The molecular weight excluding hydrogens is 512 g/mol. The fourth-order valence-electron chi connectivity index (χ4n) is 7.52. The molecule has 40 heavy (non-hydrogen) atoms. The molecule has 0 bridgehead atoms. The second-order valence-electron chi connectivity index (χ2n) is 13.3. The highest BCUT2D eigenvalue weighted by molar-refractivity contribution is 5.92. The van der Waals surface area contributed by atoms with E-state index in [1.807, 2.05) is 13.8 Å². The predicted molar refractivity (Wildman–Crippen MR) is 149 cm³/mol. The number of phenols is 2. The summed E-state index contributed by atoms with van der Waals surface area (Å²) < 4.78 is 5.70. The van der Waals surface area contributed by atoms with Crippen molar-refractivity contribution in [2.45, 2.75) is 97.8 Å². The van der Waals surface area contributed by atoms with E-state index in [-0.39, 0.29) is 35.7 Å². The molecule has 1 aromatic carbocycles. The van der Waals surface area contributed by atoms with E-state index in [2.05, 4.69) is 26.1 Å². The van der Waals surface area contributed by atoms with Crippen LogP contribution in [-0.4, -0.2) is 69.3 Å². The van der Waals surface area contributed by atoms with Crippen LogP contribution < -0.4 is 5.32 Å². The molecule has 0 radical (unpaired) electrons. The number of esters is 1. The number of likely N-dealkylation sites (tertiary alicyclic amines) is 1. The summed E-state index contributed by atoms with van der Waals surface area (Å²) >= 11 is 0. The van der Waals surface area contributed by atoms with Gasteiger partial charge >= 0.3 is 5.97 Å². The number of carbonyl (C=O) groups excluding carboxylic acids is 3. The van der Waals surface area contributed by atoms with Crippen LogP contribution in [0.5, 0.6) is 11.5 Å². The monoisotopic (exact) mass is 558 g/mol. The summed E-state index contributed by atoms with van der Waals surface area (Å²) in [4.78, 5) is 41.0. The van der Waals surface area contributed by atoms with Crippen molar-refractivity contribution in [3.8, 4) is 11.5 Å². The van der Waals surface area contributed by atoms with Gasteiger partial charge < -0.3 is 30.3 Å². The zero-order valence-electron chi connectivity index (χ0n) is 24.5. The Labute approximate surface area is 237 Å². The van der Waals surface area contributed by atoms with E-state index >= 15 is 0 Å². The molecule has 0 aromatic heterocycles. The van der Waals surface area contributed by atoms with Crippen molar-refractivity contribution in [2.24, 2.45) is 28.6 Å². The second kappa shape index (κ2) is 11.6. The maximum atomic E-state index is 13.6. The van der Waals surface area contributed by atoms with Crippen LogP contribution in [0.15, 0.2) is 18.2 Å². The summed E-state index contributed by atoms with van der Waals surface area (Å²) in [6, 6.07) is 2.50. The number of hydrogen-bond donors (Lipinski definition) is 4. The third-order valence-electron chi connectivity index (χ3n) is 9.99. The number of hydrogen-bond acceptors (Lipinski definition) is 7. The minimum absolute atomic E-state index is 0.0808. The minimum atomic E-state index is -1.46. The Kier molecular flexibility index (Phi) is 8.74. The Morgan fingerprint density at radius 1 is 1.12 bits per heavy atom. The number of amides is 2. The van der Waals surface area contributed by atoms with Crippen molar-refractivity contribution in [1.82, 2.24) is 10.2 Å². The highest BCUT2D eigenvalue weighted by Crippen LogP contribution is 2.78. The van der Waals surface area contributed by atoms with Crippen molar-refractivity contribution in [2.75, 3.05) is 13.2 Å². The van der Waals surface area contributed by atoms with Gasteiger partial charge in [0.05, 0.1) is 6.61 Å². The number of phenolic OH excluding ortho intramolecular Hbond substituents is 2. The maximum Gasteiger partial charge on any atom is 0.328 e. The summed E-state index contributed by atoms with van der Waals surface area (Å²) in [5.41, 5.74) is 1.22. The van der Waals surface area contributed by atoms with Gasteiger partial charge in [-0.2, -0.15) is 0 Å². The lowest BCUT2D eigenvalue weighted by molar-refractivity contribution is -0.154. The van der Waals surface area contributed by atoms with Crippen molar-refractivity contribution in [1.29, 1.82) is 0 Å². The number of carbonyl (C=O) groups is 3. The van der Waals surface area contributed by atoms with Crippen LogP contribution in [0.25, 0.3) is 0 Å². The Morgan fingerprint density at radius 2 is 1.85 bits per heavy atom. The van der Waals surface area contributed by atoms with Gasteiger partial charge in [-0.05, 0) is 84.8 Å². The van der Waals surface area contributed by atoms with Gasteiger partial charge in [-0.15, -0.1) is 0 Å². The Morgan fingerprint density at radius 3 is 2.48 bits per heavy atom. The van der Waals surface area contributed by atoms with Crippen molar-refractivity contribution in [3.63, 3.8) is 0 Å². The van der Waals surface area contributed by atoms with E-state index in [9.17, 15) is 29.7 Å². The normalized spacial score (nSPS) is 28.2. The zero-order valence-corrected chi connectivity index (χ0v) is 24.5. The van der Waals surface area contributed by atoms with Crippen LogP contribution in [0.1, 0.15) is 78.7 Å². The number of rotatable bonds is 11. The molecule has 6 atom stereocenters. The number of aliphatic hydroxyl groups excluding tert-OH is 1. The van der Waals surface area contributed by atoms with E-state index < -0.39 is 24.1 Å². The van der Waals surface area contributed by atoms with Crippen LogP contribution in [0.3, 0.4) is 0 Å². The van der Waals surface area contributed by atoms with Crippen LogP contribution in [0, 0.1) is 28.6 Å². The molecule has 222 valence electrons. The predicted octanol–water partition coefficient (Wildman–Crippen LogP) is 3.53. The van der Waals surface area contributed by atoms with Gasteiger partial charge in [0.1, 0.15) is 18.2 Å². The molecule has 9 heteroatoms. The first kappa shape index (κ1) is 30.2. The molecule has 1 aliphatic heterocycles. The minimum Gasteiger partial charge on any atom is -0.504 e. The highest BCUT2D eigenvalue weighted by Gasteiger charge is 2.72. The molecule has 1 aromatic rings. The third kappa shape index (κ3) is 5.94. The summed E-state index contributed by atoms with van der Waals surface area (Å²) in [6.45, 7) is 11.7. The van der Waals surface area contributed by atoms with Crippen LogP contribution in [-0.2, 0) is 25.5 Å². The van der Waals surface area contributed by atoms with Crippen molar-refractivity contribution in [3.05, 3.63) is 23.8 Å². The van der Waals surface area contributed by atoms with Crippen LogP contribution >= 0.6 is 0 Å². The number of fused-ring (bicyclic) bond motifs is 1. The Bertz CT molecular complexity index is 1120. The number of nitrogens with zero attached hydrogens (tertiary/aromatic N) is 1. The average Bonchev–Trinajstić information content (AvgIpc) is 3.30. The number of benzene rings is 1.